The van der Waals surface area contributed by atoms with Crippen molar-refractivity contribution in [3.63, 3.8) is 0 Å². The first-order chi connectivity index (χ1) is 12.6. The van der Waals surface area contributed by atoms with Crippen molar-refractivity contribution in [2.45, 2.75) is 29.3 Å². The van der Waals surface area contributed by atoms with E-state index >= 15 is 0 Å². The van der Waals surface area contributed by atoms with E-state index in [2.05, 4.69) is 14.8 Å². The maximum Gasteiger partial charge on any atom is 0.490 e. The van der Waals surface area contributed by atoms with E-state index in [1.54, 1.807) is 18.2 Å². The number of rotatable bonds is 4. The lowest BCUT2D eigenvalue weighted by Gasteiger charge is -2.25. The fourth-order valence-electron chi connectivity index (χ4n) is 3.47. The van der Waals surface area contributed by atoms with Crippen LogP contribution < -0.4 is 10.0 Å². The molecule has 2 N–H and O–H groups in total. The quantitative estimate of drug-likeness (QED) is 0.766. The van der Waals surface area contributed by atoms with Crippen molar-refractivity contribution >= 4 is 26.8 Å². The summed E-state index contributed by atoms with van der Waals surface area (Å²) in [5.41, 5.74) is -1.50. The third-order valence-electron chi connectivity index (χ3n) is 4.97. The lowest BCUT2D eigenvalue weighted by Crippen LogP contribution is -2.52. The number of hydrogen-bond acceptors (Lipinski definition) is 5. The first-order valence-electron chi connectivity index (χ1n) is 8.16. The van der Waals surface area contributed by atoms with Crippen LogP contribution in [-0.4, -0.2) is 38.9 Å². The molecule has 27 heavy (non-hydrogen) atoms. The molecule has 6 nitrogen and oxygen atoms in total. The molecule has 0 aromatic heterocycles. The van der Waals surface area contributed by atoms with Gasteiger partial charge in [-0.3, -0.25) is 5.32 Å². The van der Waals surface area contributed by atoms with Crippen LogP contribution in [0.15, 0.2) is 47.4 Å². The van der Waals surface area contributed by atoms with E-state index in [0.717, 1.165) is 5.39 Å². The molecule has 144 valence electrons. The summed E-state index contributed by atoms with van der Waals surface area (Å²) >= 11 is 0. The van der Waals surface area contributed by atoms with Gasteiger partial charge in [0.1, 0.15) is 11.8 Å². The summed E-state index contributed by atoms with van der Waals surface area (Å²) in [5.74, 6) is -2.67. The number of carbonyl (C=O) groups excluding carboxylic acids is 1. The van der Waals surface area contributed by atoms with Crippen molar-refractivity contribution in [1.82, 2.24) is 10.0 Å². The number of halogens is 3. The highest BCUT2D eigenvalue weighted by molar-refractivity contribution is 7.89. The van der Waals surface area contributed by atoms with Gasteiger partial charge < -0.3 is 4.74 Å². The minimum atomic E-state index is -5.13. The van der Waals surface area contributed by atoms with Gasteiger partial charge in [-0.05, 0) is 29.3 Å². The molecule has 0 radical (unpaired) electrons. The van der Waals surface area contributed by atoms with Crippen LogP contribution in [0, 0.1) is 5.92 Å². The normalized spacial score (nSPS) is 27.4. The molecule has 2 aromatic rings. The summed E-state index contributed by atoms with van der Waals surface area (Å²) in [7, 11) is -4.04. The smallest absolute Gasteiger partial charge is 0.449 e. The van der Waals surface area contributed by atoms with E-state index in [9.17, 15) is 26.4 Å². The molecule has 1 heterocycles. The second-order valence-electron chi connectivity index (χ2n) is 6.71. The van der Waals surface area contributed by atoms with Crippen LogP contribution >= 0.6 is 0 Å². The van der Waals surface area contributed by atoms with Crippen molar-refractivity contribution in [1.29, 1.82) is 0 Å². The second kappa shape index (κ2) is 5.91. The van der Waals surface area contributed by atoms with Gasteiger partial charge in [-0.25, -0.2) is 13.2 Å². The SMILES string of the molecule is O=C(OC12CC1CNC2NS(=O)(=O)c1ccc2ccccc2c1)C(F)(F)F. The van der Waals surface area contributed by atoms with E-state index in [-0.39, 0.29) is 23.8 Å². The topological polar surface area (TPSA) is 84.5 Å². The molecule has 4 rings (SSSR count). The molecule has 1 aliphatic carbocycles. The molecule has 3 unspecified atom stereocenters. The van der Waals surface area contributed by atoms with Crippen LogP contribution in [0.1, 0.15) is 6.42 Å². The monoisotopic (exact) mass is 400 g/mol. The molecule has 2 aliphatic rings. The lowest BCUT2D eigenvalue weighted by molar-refractivity contribution is -0.208. The fraction of sp³-hybridized carbons (Fsp3) is 0.353. The van der Waals surface area contributed by atoms with E-state index in [0.29, 0.717) is 5.39 Å². The van der Waals surface area contributed by atoms with Crippen LogP contribution in [0.3, 0.4) is 0 Å². The fourth-order valence-corrected chi connectivity index (χ4v) is 4.73. The highest BCUT2D eigenvalue weighted by atomic mass is 32.2. The van der Waals surface area contributed by atoms with Gasteiger partial charge in [-0.1, -0.05) is 30.3 Å². The Hall–Kier alpha value is -2.17. The molecule has 2 aromatic carbocycles. The van der Waals surface area contributed by atoms with Gasteiger partial charge in [-0.15, -0.1) is 0 Å². The molecule has 1 aliphatic heterocycles. The number of sulfonamides is 1. The Morgan fingerprint density at radius 3 is 2.56 bits per heavy atom. The molecular weight excluding hydrogens is 385 g/mol. The Morgan fingerprint density at radius 2 is 1.89 bits per heavy atom. The number of piperidine rings is 1. The number of alkyl halides is 3. The van der Waals surface area contributed by atoms with Crippen molar-refractivity contribution in [3.8, 4) is 0 Å². The van der Waals surface area contributed by atoms with Gasteiger partial charge in [0.05, 0.1) is 4.90 Å². The number of nitrogens with one attached hydrogen (secondary N) is 2. The van der Waals surface area contributed by atoms with Gasteiger partial charge >= 0.3 is 12.1 Å². The molecular formula is C17H15F3N2O4S. The summed E-state index contributed by atoms with van der Waals surface area (Å²) in [4.78, 5) is 11.2. The lowest BCUT2D eigenvalue weighted by atomic mass is 10.1. The van der Waals surface area contributed by atoms with E-state index < -0.39 is 33.9 Å². The summed E-state index contributed by atoms with van der Waals surface area (Å²) < 4.78 is 70.0. The Labute approximate surface area is 152 Å². The van der Waals surface area contributed by atoms with Gasteiger partial charge in [0.15, 0.2) is 0 Å². The highest BCUT2D eigenvalue weighted by Gasteiger charge is 2.69. The van der Waals surface area contributed by atoms with E-state index in [1.165, 1.54) is 12.1 Å². The Bertz CT molecular complexity index is 1020. The number of fused-ring (bicyclic) bond motifs is 2. The maximum absolute atomic E-state index is 12.7. The molecule has 10 heteroatoms. The molecule has 0 spiro atoms. The number of esters is 1. The molecule has 0 amide bonds. The first kappa shape index (κ1) is 18.2. The Balaban J connectivity index is 1.57. The third kappa shape index (κ3) is 3.17. The van der Waals surface area contributed by atoms with E-state index in [4.69, 9.17) is 0 Å². The second-order valence-corrected chi connectivity index (χ2v) is 8.43. The van der Waals surface area contributed by atoms with Gasteiger partial charge in [0.2, 0.25) is 10.0 Å². The predicted molar refractivity (Wildman–Crippen MR) is 89.0 cm³/mol. The molecule has 1 saturated carbocycles. The predicted octanol–water partition coefficient (Wildman–Crippen LogP) is 1.91. The summed E-state index contributed by atoms with van der Waals surface area (Å²) in [6, 6.07) is 11.7. The molecule has 2 fully saturated rings. The van der Waals surface area contributed by atoms with Crippen LogP contribution in [0.5, 0.6) is 0 Å². The van der Waals surface area contributed by atoms with Gasteiger partial charge in [-0.2, -0.15) is 17.9 Å². The largest absolute Gasteiger partial charge is 0.490 e. The Morgan fingerprint density at radius 1 is 1.19 bits per heavy atom. The number of ether oxygens (including phenoxy) is 1. The van der Waals surface area contributed by atoms with Crippen molar-refractivity contribution in [2.24, 2.45) is 5.92 Å². The Kier molecular flexibility index (Phi) is 3.99. The zero-order chi connectivity index (χ0) is 19.4. The minimum Gasteiger partial charge on any atom is -0.449 e. The maximum atomic E-state index is 12.7. The third-order valence-corrected chi connectivity index (χ3v) is 6.39. The molecule has 3 atom stereocenters. The first-order valence-corrected chi connectivity index (χ1v) is 9.65. The summed E-state index contributed by atoms with van der Waals surface area (Å²) in [5, 5.41) is 4.35. The van der Waals surface area contributed by atoms with Crippen molar-refractivity contribution in [3.05, 3.63) is 42.5 Å². The van der Waals surface area contributed by atoms with Gasteiger partial charge in [0.25, 0.3) is 0 Å². The summed E-state index contributed by atoms with van der Waals surface area (Å²) in [6.07, 6.45) is -6.08. The highest BCUT2D eigenvalue weighted by Crippen LogP contribution is 2.53. The van der Waals surface area contributed by atoms with Gasteiger partial charge in [0, 0.05) is 12.5 Å². The molecule has 1 saturated heterocycles. The standard InChI is InChI=1S/C17H15F3N2O4S/c18-17(19,20)15(23)26-16-8-12(16)9-21-14(16)22-27(24,25)13-6-5-10-3-1-2-4-11(10)7-13/h1-7,12,14,21-22H,8-9H2. The van der Waals surface area contributed by atoms with Crippen molar-refractivity contribution < 1.29 is 31.1 Å². The van der Waals surface area contributed by atoms with Crippen LogP contribution in [0.4, 0.5) is 13.2 Å². The molecule has 0 bridgehead atoms. The summed E-state index contributed by atoms with van der Waals surface area (Å²) in [6.45, 7) is 0.260. The number of hydrogen-bond donors (Lipinski definition) is 2. The zero-order valence-corrected chi connectivity index (χ0v) is 14.6. The average Bonchev–Trinajstić information content (AvgIpc) is 3.22. The zero-order valence-electron chi connectivity index (χ0n) is 13.8. The number of benzene rings is 2. The number of carbonyl (C=O) groups is 1. The van der Waals surface area contributed by atoms with E-state index in [1.807, 2.05) is 12.1 Å². The average molecular weight is 400 g/mol. The van der Waals surface area contributed by atoms with Crippen LogP contribution in [0.2, 0.25) is 0 Å². The van der Waals surface area contributed by atoms with Crippen LogP contribution in [0.25, 0.3) is 10.8 Å². The minimum absolute atomic E-state index is 0.0237. The van der Waals surface area contributed by atoms with Crippen LogP contribution in [-0.2, 0) is 19.6 Å². The van der Waals surface area contributed by atoms with Crippen molar-refractivity contribution in [2.75, 3.05) is 6.54 Å².